The highest BCUT2D eigenvalue weighted by molar-refractivity contribution is 8.18. The van der Waals surface area contributed by atoms with Gasteiger partial charge in [0.2, 0.25) is 0 Å². The molecule has 1 aliphatic rings. The number of carbonyl (C=O) groups excluding carboxylic acids is 2. The summed E-state index contributed by atoms with van der Waals surface area (Å²) in [4.78, 5) is 27.9. The van der Waals surface area contributed by atoms with E-state index in [4.69, 9.17) is 20.8 Å². The van der Waals surface area contributed by atoms with Gasteiger partial charge in [-0.2, -0.15) is 5.10 Å². The minimum Gasteiger partial charge on any atom is -0.483 e. The maximum Gasteiger partial charge on any atom is 0.267 e. The van der Waals surface area contributed by atoms with Gasteiger partial charge in [0.25, 0.3) is 11.8 Å². The first kappa shape index (κ1) is 29.6. The number of halogens is 1. The van der Waals surface area contributed by atoms with Crippen molar-refractivity contribution in [2.45, 2.75) is 13.5 Å². The maximum absolute atomic E-state index is 13.5. The number of ether oxygens (including phenoxy) is 1. The van der Waals surface area contributed by atoms with Crippen molar-refractivity contribution in [1.82, 2.24) is 4.90 Å². The fourth-order valence-electron chi connectivity index (χ4n) is 4.00. The van der Waals surface area contributed by atoms with E-state index in [1.807, 2.05) is 67.6 Å². The summed E-state index contributed by atoms with van der Waals surface area (Å²) in [6, 6.07) is 25.8. The molecule has 0 bridgehead atoms. The van der Waals surface area contributed by atoms with Gasteiger partial charge in [-0.3, -0.25) is 14.5 Å². The van der Waals surface area contributed by atoms with Gasteiger partial charge in [0.15, 0.2) is 11.8 Å². The van der Waals surface area contributed by atoms with E-state index in [1.165, 1.54) is 16.7 Å². The molecule has 0 spiro atoms. The highest BCUT2D eigenvalue weighted by Crippen LogP contribution is 2.36. The van der Waals surface area contributed by atoms with Gasteiger partial charge in [0.05, 0.1) is 17.7 Å². The molecule has 1 N–H and O–H groups in total. The van der Waals surface area contributed by atoms with E-state index in [-0.39, 0.29) is 25.0 Å². The Morgan fingerprint density at radius 3 is 2.65 bits per heavy atom. The predicted molar refractivity (Wildman–Crippen MR) is 173 cm³/mol. The molecule has 216 valence electrons. The SMILES string of the molecule is Cc1ccc(NC(=O)COc2ccc(Cl)cc2/C=C2\S\C(=N/N=C/C=C/c3ccccc3)N(Cc3ccco3)C2=O)cc1. The lowest BCUT2D eigenvalue weighted by molar-refractivity contribution is -0.122. The normalized spacial score (nSPS) is 15.3. The number of aryl methyl sites for hydroxylation is 1. The Morgan fingerprint density at radius 1 is 1.07 bits per heavy atom. The molecule has 2 heterocycles. The summed E-state index contributed by atoms with van der Waals surface area (Å²) in [7, 11) is 0. The third-order valence-electron chi connectivity index (χ3n) is 6.12. The van der Waals surface area contributed by atoms with Crippen molar-refractivity contribution in [3.63, 3.8) is 0 Å². The van der Waals surface area contributed by atoms with Crippen LogP contribution in [0.1, 0.15) is 22.5 Å². The molecule has 2 amide bonds. The van der Waals surface area contributed by atoms with E-state index in [0.717, 1.165) is 11.1 Å². The van der Waals surface area contributed by atoms with Gasteiger partial charge in [-0.15, -0.1) is 5.10 Å². The Bertz CT molecular complexity index is 1700. The number of nitrogens with zero attached hydrogens (tertiary/aromatic N) is 3. The van der Waals surface area contributed by atoms with Crippen molar-refractivity contribution in [2.75, 3.05) is 11.9 Å². The zero-order valence-electron chi connectivity index (χ0n) is 23.1. The van der Waals surface area contributed by atoms with Gasteiger partial charge in [0, 0.05) is 22.5 Å². The molecule has 1 fully saturated rings. The minimum atomic E-state index is -0.318. The van der Waals surface area contributed by atoms with Crippen molar-refractivity contribution >= 4 is 64.4 Å². The molecule has 0 saturated carbocycles. The molecule has 0 aliphatic carbocycles. The van der Waals surface area contributed by atoms with Gasteiger partial charge in [-0.05, 0) is 78.9 Å². The van der Waals surface area contributed by atoms with Crippen LogP contribution in [0, 0.1) is 6.92 Å². The number of furan rings is 1. The van der Waals surface area contributed by atoms with Gasteiger partial charge in [0.1, 0.15) is 11.5 Å². The molecule has 10 heteroatoms. The number of carbonyl (C=O) groups is 2. The number of benzene rings is 3. The summed E-state index contributed by atoms with van der Waals surface area (Å²) < 4.78 is 11.3. The molecule has 43 heavy (non-hydrogen) atoms. The molecule has 8 nitrogen and oxygen atoms in total. The number of amidine groups is 1. The Balaban J connectivity index is 1.33. The van der Waals surface area contributed by atoms with Gasteiger partial charge >= 0.3 is 0 Å². The van der Waals surface area contributed by atoms with Crippen LogP contribution in [-0.2, 0) is 16.1 Å². The van der Waals surface area contributed by atoms with Crippen LogP contribution in [-0.4, -0.2) is 34.7 Å². The maximum atomic E-state index is 13.5. The van der Waals surface area contributed by atoms with Crippen LogP contribution in [0.3, 0.4) is 0 Å². The first-order valence-corrected chi connectivity index (χ1v) is 14.5. The third kappa shape index (κ3) is 8.34. The zero-order chi connectivity index (χ0) is 30.0. The number of rotatable bonds is 10. The highest BCUT2D eigenvalue weighted by Gasteiger charge is 2.34. The van der Waals surface area contributed by atoms with E-state index in [2.05, 4.69) is 15.5 Å². The number of hydrogen-bond donors (Lipinski definition) is 1. The Kier molecular flexibility index (Phi) is 9.89. The van der Waals surface area contributed by atoms with Crippen LogP contribution in [0.25, 0.3) is 12.2 Å². The standard InChI is InChI=1S/C33H27ClN4O4S/c1-23-11-14-27(15-12-23)36-31(39)22-42-29-16-13-26(34)19-25(29)20-30-32(40)38(21-28-10-6-18-41-28)33(43-30)37-35-17-5-9-24-7-3-2-4-8-24/h2-20H,21-22H2,1H3,(H,36,39)/b9-5+,30-20-,35-17+,37-33-. The van der Waals surface area contributed by atoms with Gasteiger partial charge in [-0.1, -0.05) is 65.7 Å². The summed E-state index contributed by atoms with van der Waals surface area (Å²) >= 11 is 7.46. The van der Waals surface area contributed by atoms with E-state index in [1.54, 1.807) is 55.0 Å². The monoisotopic (exact) mass is 610 g/mol. The van der Waals surface area contributed by atoms with Crippen LogP contribution in [0.4, 0.5) is 5.69 Å². The molecule has 1 aromatic heterocycles. The topological polar surface area (TPSA) is 96.5 Å². The first-order valence-electron chi connectivity index (χ1n) is 13.3. The van der Waals surface area contributed by atoms with E-state index in [9.17, 15) is 9.59 Å². The molecule has 4 aromatic rings. The average molecular weight is 611 g/mol. The Hall–Kier alpha value is -4.86. The van der Waals surface area contributed by atoms with E-state index >= 15 is 0 Å². The summed E-state index contributed by atoms with van der Waals surface area (Å²) in [5.41, 5.74) is 3.34. The second-order valence-corrected chi connectivity index (χ2v) is 10.8. The summed E-state index contributed by atoms with van der Waals surface area (Å²) in [5.74, 6) is 0.402. The molecule has 0 radical (unpaired) electrons. The van der Waals surface area contributed by atoms with Gasteiger partial charge in [-0.25, -0.2) is 0 Å². The van der Waals surface area contributed by atoms with Crippen LogP contribution in [0.15, 0.2) is 117 Å². The number of anilines is 1. The molecular formula is C33H27ClN4O4S. The van der Waals surface area contributed by atoms with Crippen molar-refractivity contribution in [2.24, 2.45) is 10.2 Å². The fourth-order valence-corrected chi connectivity index (χ4v) is 5.11. The fraction of sp³-hybridized carbons (Fsp3) is 0.0909. The van der Waals surface area contributed by atoms with E-state index < -0.39 is 0 Å². The van der Waals surface area contributed by atoms with Crippen molar-refractivity contribution in [1.29, 1.82) is 0 Å². The lowest BCUT2D eigenvalue weighted by atomic mass is 10.2. The average Bonchev–Trinajstić information content (AvgIpc) is 3.62. The highest BCUT2D eigenvalue weighted by atomic mass is 35.5. The van der Waals surface area contributed by atoms with E-state index in [0.29, 0.717) is 37.9 Å². The number of nitrogens with one attached hydrogen (secondary N) is 1. The summed E-state index contributed by atoms with van der Waals surface area (Å²) in [5, 5.41) is 12.1. The van der Waals surface area contributed by atoms with Crippen LogP contribution in [0.2, 0.25) is 5.02 Å². The summed E-state index contributed by atoms with van der Waals surface area (Å²) in [6.45, 7) is 1.93. The van der Waals surface area contributed by atoms with Crippen molar-refractivity contribution < 1.29 is 18.7 Å². The molecule has 0 atom stereocenters. The largest absolute Gasteiger partial charge is 0.483 e. The number of amides is 2. The second kappa shape index (κ2) is 14.4. The number of hydrogen-bond acceptors (Lipinski definition) is 7. The lowest BCUT2D eigenvalue weighted by Gasteiger charge is -2.12. The van der Waals surface area contributed by atoms with Crippen LogP contribution >= 0.6 is 23.4 Å². The molecular weight excluding hydrogens is 584 g/mol. The zero-order valence-corrected chi connectivity index (χ0v) is 24.7. The quantitative estimate of drug-likeness (QED) is 0.114. The van der Waals surface area contributed by atoms with Crippen LogP contribution < -0.4 is 10.1 Å². The Labute approximate surface area is 258 Å². The second-order valence-electron chi connectivity index (χ2n) is 9.38. The van der Waals surface area contributed by atoms with Crippen molar-refractivity contribution in [3.05, 3.63) is 130 Å². The number of allylic oxidation sites excluding steroid dienone is 1. The summed E-state index contributed by atoms with van der Waals surface area (Å²) in [6.07, 6.45) is 8.46. The van der Waals surface area contributed by atoms with Crippen molar-refractivity contribution in [3.8, 4) is 5.75 Å². The Morgan fingerprint density at radius 2 is 1.88 bits per heavy atom. The minimum absolute atomic E-state index is 0.183. The molecule has 3 aromatic carbocycles. The smallest absolute Gasteiger partial charge is 0.267 e. The molecule has 1 aliphatic heterocycles. The number of thioether (sulfide) groups is 1. The lowest BCUT2D eigenvalue weighted by Crippen LogP contribution is -2.28. The molecule has 0 unspecified atom stereocenters. The van der Waals surface area contributed by atoms with Gasteiger partial charge < -0.3 is 14.5 Å². The molecule has 5 rings (SSSR count). The first-order chi connectivity index (χ1) is 20.9. The molecule has 1 saturated heterocycles. The predicted octanol–water partition coefficient (Wildman–Crippen LogP) is 7.43. The third-order valence-corrected chi connectivity index (χ3v) is 7.35. The van der Waals surface area contributed by atoms with Crippen LogP contribution in [0.5, 0.6) is 5.75 Å².